The summed E-state index contributed by atoms with van der Waals surface area (Å²) < 4.78 is 0. The zero-order valence-corrected chi connectivity index (χ0v) is 8.29. The van der Waals surface area contributed by atoms with Crippen LogP contribution in [0.3, 0.4) is 0 Å². The van der Waals surface area contributed by atoms with Crippen LogP contribution in [-0.4, -0.2) is 23.3 Å². The van der Waals surface area contributed by atoms with Gasteiger partial charge in [0.1, 0.15) is 0 Å². The maximum absolute atomic E-state index is 9.68. The molecule has 0 radical (unpaired) electrons. The molecule has 1 unspecified atom stereocenters. The van der Waals surface area contributed by atoms with Gasteiger partial charge in [0.2, 0.25) is 0 Å². The van der Waals surface area contributed by atoms with Crippen molar-refractivity contribution in [3.63, 3.8) is 0 Å². The first-order valence-electron chi connectivity index (χ1n) is 5.18. The van der Waals surface area contributed by atoms with Gasteiger partial charge in [0, 0.05) is 6.04 Å². The number of hydrogen-bond acceptors (Lipinski definition) is 2. The van der Waals surface area contributed by atoms with Crippen LogP contribution in [0.25, 0.3) is 0 Å². The van der Waals surface area contributed by atoms with E-state index in [9.17, 15) is 5.11 Å². The average Bonchev–Trinajstić information content (AvgIpc) is 2.17. The lowest BCUT2D eigenvalue weighted by Gasteiger charge is -2.30. The molecule has 0 aromatic heterocycles. The highest BCUT2D eigenvalue weighted by Gasteiger charge is 2.23. The van der Waals surface area contributed by atoms with E-state index in [0.29, 0.717) is 0 Å². The highest BCUT2D eigenvalue weighted by molar-refractivity contribution is 5.00. The van der Waals surface area contributed by atoms with Gasteiger partial charge in [-0.3, -0.25) is 5.32 Å². The molecule has 0 aliphatic heterocycles. The average molecular weight is 181 g/mol. The van der Waals surface area contributed by atoms with Crippen molar-refractivity contribution in [2.24, 2.45) is 0 Å². The lowest BCUT2D eigenvalue weighted by Crippen LogP contribution is -2.46. The summed E-state index contributed by atoms with van der Waals surface area (Å²) in [6, 6.07) is 0.340. The van der Waals surface area contributed by atoms with Gasteiger partial charge in [0.15, 0.2) is 0 Å². The molecule has 1 aliphatic rings. The summed E-state index contributed by atoms with van der Waals surface area (Å²) in [5, 5.41) is 13.0. The van der Waals surface area contributed by atoms with Gasteiger partial charge in [0.25, 0.3) is 0 Å². The van der Waals surface area contributed by atoms with Gasteiger partial charge in [0.05, 0.1) is 12.1 Å². The van der Waals surface area contributed by atoms with Crippen molar-refractivity contribution >= 4 is 0 Å². The van der Waals surface area contributed by atoms with Crippen LogP contribution in [0.4, 0.5) is 0 Å². The molecule has 2 N–H and O–H groups in total. The van der Waals surface area contributed by atoms with Crippen LogP contribution in [0.15, 0.2) is 0 Å². The van der Waals surface area contributed by atoms with Gasteiger partial charge < -0.3 is 5.11 Å². The van der Waals surface area contributed by atoms with Crippen molar-refractivity contribution in [2.75, 3.05) is 0 Å². The van der Waals surface area contributed by atoms with Gasteiger partial charge in [-0.05, 0) is 19.3 Å². The van der Waals surface area contributed by atoms with Crippen molar-refractivity contribution < 1.29 is 5.11 Å². The Balaban J connectivity index is 2.37. The van der Waals surface area contributed by atoms with Crippen molar-refractivity contribution in [1.29, 1.82) is 0 Å². The zero-order chi connectivity index (χ0) is 9.68. The predicted molar refractivity (Wildman–Crippen MR) is 54.3 cm³/mol. The van der Waals surface area contributed by atoms with Crippen LogP contribution in [-0.2, 0) is 0 Å². The molecule has 0 bridgehead atoms. The molecule has 13 heavy (non-hydrogen) atoms. The molecule has 0 spiro atoms. The number of nitrogens with one attached hydrogen (secondary N) is 1. The van der Waals surface area contributed by atoms with Crippen molar-refractivity contribution in [1.82, 2.24) is 5.32 Å². The Bertz CT molecular complexity index is 185. The summed E-state index contributed by atoms with van der Waals surface area (Å²) in [5.41, 5.74) is 0. The first-order valence-corrected chi connectivity index (χ1v) is 5.18. The summed E-state index contributed by atoms with van der Waals surface area (Å²) in [7, 11) is 0. The number of aliphatic hydroxyl groups is 1. The predicted octanol–water partition coefficient (Wildman–Crippen LogP) is 1.29. The Morgan fingerprint density at radius 1 is 1.54 bits per heavy atom. The van der Waals surface area contributed by atoms with E-state index in [1.807, 2.05) is 0 Å². The molecule has 0 aromatic carbocycles. The second-order valence-electron chi connectivity index (χ2n) is 3.75. The second kappa shape index (κ2) is 5.26. The molecule has 1 aliphatic carbocycles. The van der Waals surface area contributed by atoms with Crippen LogP contribution in [0.2, 0.25) is 0 Å². The Morgan fingerprint density at radius 2 is 2.23 bits per heavy atom. The van der Waals surface area contributed by atoms with E-state index < -0.39 is 0 Å². The Hall–Kier alpha value is -0.520. The molecule has 2 nitrogen and oxygen atoms in total. The topological polar surface area (TPSA) is 32.3 Å². The van der Waals surface area contributed by atoms with Crippen molar-refractivity contribution in [3.05, 3.63) is 0 Å². The quantitative estimate of drug-likeness (QED) is 0.643. The molecule has 0 aromatic rings. The fourth-order valence-electron chi connectivity index (χ4n) is 1.85. The van der Waals surface area contributed by atoms with Crippen molar-refractivity contribution in [3.8, 4) is 12.3 Å². The smallest absolute Gasteiger partial charge is 0.0693 e. The van der Waals surface area contributed by atoms with Crippen LogP contribution < -0.4 is 5.32 Å². The highest BCUT2D eigenvalue weighted by atomic mass is 16.3. The lowest BCUT2D eigenvalue weighted by molar-refractivity contribution is 0.0879. The minimum absolute atomic E-state index is 0.123. The van der Waals surface area contributed by atoms with Gasteiger partial charge in [-0.2, -0.15) is 0 Å². The van der Waals surface area contributed by atoms with E-state index >= 15 is 0 Å². The molecule has 0 saturated heterocycles. The third kappa shape index (κ3) is 3.02. The van der Waals surface area contributed by atoms with Crippen LogP contribution in [0.5, 0.6) is 0 Å². The standard InChI is InChI=1S/C11H19NO/c1-3-9(4-2)12-10-7-5-6-8-11(10)13/h1,9-13H,4-8H2,2H3/t9?,10-,11-/m0/s1. The summed E-state index contributed by atoms with van der Waals surface area (Å²) in [6.07, 6.45) is 10.4. The SMILES string of the molecule is C#CC(CC)N[C@H]1CCCC[C@@H]1O. The van der Waals surface area contributed by atoms with Crippen LogP contribution in [0.1, 0.15) is 39.0 Å². The monoisotopic (exact) mass is 181 g/mol. The first kappa shape index (κ1) is 10.6. The first-order chi connectivity index (χ1) is 6.27. The van der Waals surface area contributed by atoms with Gasteiger partial charge >= 0.3 is 0 Å². The molecule has 3 atom stereocenters. The number of terminal acetylenes is 1. The Morgan fingerprint density at radius 3 is 2.77 bits per heavy atom. The summed E-state index contributed by atoms with van der Waals surface area (Å²) >= 11 is 0. The van der Waals surface area contributed by atoms with E-state index in [0.717, 1.165) is 25.7 Å². The second-order valence-corrected chi connectivity index (χ2v) is 3.75. The molecule has 1 rings (SSSR count). The van der Waals surface area contributed by atoms with Gasteiger partial charge in [-0.25, -0.2) is 0 Å². The Labute approximate surface area is 80.7 Å². The van der Waals surface area contributed by atoms with E-state index in [2.05, 4.69) is 18.2 Å². The van der Waals surface area contributed by atoms with Gasteiger partial charge in [-0.1, -0.05) is 25.7 Å². The molecular formula is C11H19NO. The minimum atomic E-state index is -0.198. The summed E-state index contributed by atoms with van der Waals surface area (Å²) in [4.78, 5) is 0. The summed E-state index contributed by atoms with van der Waals surface area (Å²) in [6.45, 7) is 2.06. The van der Waals surface area contributed by atoms with E-state index in [-0.39, 0.29) is 18.2 Å². The number of rotatable bonds is 3. The van der Waals surface area contributed by atoms with Crippen LogP contribution >= 0.6 is 0 Å². The number of aliphatic hydroxyl groups excluding tert-OH is 1. The largest absolute Gasteiger partial charge is 0.392 e. The number of hydrogen-bond donors (Lipinski definition) is 2. The fourth-order valence-corrected chi connectivity index (χ4v) is 1.85. The molecular weight excluding hydrogens is 162 g/mol. The molecule has 2 heteroatoms. The summed E-state index contributed by atoms with van der Waals surface area (Å²) in [5.74, 6) is 2.70. The van der Waals surface area contributed by atoms with Crippen molar-refractivity contribution in [2.45, 2.75) is 57.2 Å². The third-order valence-corrected chi connectivity index (χ3v) is 2.75. The van der Waals surface area contributed by atoms with E-state index in [1.54, 1.807) is 0 Å². The van der Waals surface area contributed by atoms with E-state index in [1.165, 1.54) is 6.42 Å². The van der Waals surface area contributed by atoms with Crippen LogP contribution in [0, 0.1) is 12.3 Å². The maximum atomic E-state index is 9.68. The molecule has 0 amide bonds. The third-order valence-electron chi connectivity index (χ3n) is 2.75. The highest BCUT2D eigenvalue weighted by Crippen LogP contribution is 2.18. The molecule has 1 saturated carbocycles. The van der Waals surface area contributed by atoms with E-state index in [4.69, 9.17) is 6.42 Å². The maximum Gasteiger partial charge on any atom is 0.0693 e. The fraction of sp³-hybridized carbons (Fsp3) is 0.818. The normalized spacial score (nSPS) is 30.8. The molecule has 74 valence electrons. The lowest BCUT2D eigenvalue weighted by atomic mass is 9.92. The minimum Gasteiger partial charge on any atom is -0.392 e. The molecule has 0 heterocycles. The zero-order valence-electron chi connectivity index (χ0n) is 8.29. The van der Waals surface area contributed by atoms with Gasteiger partial charge in [-0.15, -0.1) is 6.42 Å². The Kier molecular flexibility index (Phi) is 4.27. The molecule has 1 fully saturated rings.